The number of sulfonamides is 1. The van der Waals surface area contributed by atoms with E-state index in [1.165, 1.54) is 0 Å². The van der Waals surface area contributed by atoms with Gasteiger partial charge in [0.05, 0.1) is 18.9 Å². The number of carbonyl (C=O) groups excluding carboxylic acids is 1. The number of hydrogen-bond acceptors (Lipinski definition) is 6. The number of piperazine rings is 1. The molecule has 0 radical (unpaired) electrons. The van der Waals surface area contributed by atoms with E-state index in [2.05, 4.69) is 14.6 Å². The maximum Gasteiger partial charge on any atom is 0.264 e. The Morgan fingerprint density at radius 2 is 1.92 bits per heavy atom. The summed E-state index contributed by atoms with van der Waals surface area (Å²) in [5.74, 6) is 0.106. The number of halogens is 2. The molecule has 1 unspecified atom stereocenters. The van der Waals surface area contributed by atoms with Gasteiger partial charge in [-0.05, 0) is 55.2 Å². The van der Waals surface area contributed by atoms with Crippen molar-refractivity contribution in [1.82, 2.24) is 19.5 Å². The maximum absolute atomic E-state index is 13.2. The zero-order valence-corrected chi connectivity index (χ0v) is 22.2. The van der Waals surface area contributed by atoms with Gasteiger partial charge in [-0.15, -0.1) is 0 Å². The highest BCUT2D eigenvalue weighted by molar-refractivity contribution is 7.91. The Balaban J connectivity index is 1.42. The van der Waals surface area contributed by atoms with Crippen LogP contribution in [0.15, 0.2) is 42.6 Å². The third-order valence-corrected chi connectivity index (χ3v) is 9.24. The molecular weight excluding hydrogens is 514 g/mol. The fourth-order valence-corrected chi connectivity index (χ4v) is 6.53. The number of H-pyrrole nitrogens is 1. The van der Waals surface area contributed by atoms with Gasteiger partial charge in [0.15, 0.2) is 0 Å². The first-order valence-corrected chi connectivity index (χ1v) is 14.2. The first-order valence-electron chi connectivity index (χ1n) is 12.7. The molecule has 0 spiro atoms. The van der Waals surface area contributed by atoms with E-state index in [-0.39, 0.29) is 18.2 Å². The number of aromatic nitrogens is 1. The van der Waals surface area contributed by atoms with Gasteiger partial charge in [-0.3, -0.25) is 14.6 Å². The number of hydrogen-bond donors (Lipinski definition) is 2. The molecule has 1 aromatic heterocycles. The first-order chi connectivity index (χ1) is 18.2. The number of ether oxygens (including phenoxy) is 1. The Labute approximate surface area is 221 Å². The zero-order valence-electron chi connectivity index (χ0n) is 21.4. The van der Waals surface area contributed by atoms with Crippen LogP contribution in [-0.2, 0) is 16.6 Å². The highest BCUT2D eigenvalue weighted by atomic mass is 32.2. The first kappa shape index (κ1) is 26.6. The van der Waals surface area contributed by atoms with Crippen molar-refractivity contribution >= 4 is 26.8 Å². The lowest BCUT2D eigenvalue weighted by molar-refractivity contribution is 0.0246. The summed E-state index contributed by atoms with van der Waals surface area (Å²) in [6, 6.07) is 10.5. The minimum Gasteiger partial charge on any atom is -0.496 e. The van der Waals surface area contributed by atoms with Gasteiger partial charge in [-0.25, -0.2) is 21.9 Å². The second-order valence-corrected chi connectivity index (χ2v) is 12.0. The van der Waals surface area contributed by atoms with E-state index in [0.29, 0.717) is 39.0 Å². The Bertz CT molecular complexity index is 1420. The van der Waals surface area contributed by atoms with Crippen LogP contribution in [0.25, 0.3) is 10.9 Å². The molecule has 38 heavy (non-hydrogen) atoms. The molecule has 1 aliphatic heterocycles. The van der Waals surface area contributed by atoms with Crippen LogP contribution in [0.1, 0.15) is 45.9 Å². The maximum atomic E-state index is 13.2. The molecule has 1 saturated heterocycles. The smallest absolute Gasteiger partial charge is 0.264 e. The van der Waals surface area contributed by atoms with E-state index in [9.17, 15) is 22.0 Å². The average Bonchev–Trinajstić information content (AvgIpc) is 3.64. The number of nitrogens with one attached hydrogen (secondary N) is 2. The zero-order chi connectivity index (χ0) is 27.0. The van der Waals surface area contributed by atoms with Crippen LogP contribution in [0.5, 0.6) is 5.75 Å². The van der Waals surface area contributed by atoms with E-state index in [0.717, 1.165) is 33.3 Å². The number of methoxy groups -OCH3 is 1. The number of benzene rings is 2. The molecule has 204 valence electrons. The third-order valence-electron chi connectivity index (χ3n) is 7.42. The molecule has 1 aliphatic carbocycles. The number of carbonyl (C=O) groups is 1. The predicted octanol–water partition coefficient (Wildman–Crippen LogP) is 3.83. The van der Waals surface area contributed by atoms with Gasteiger partial charge in [-0.1, -0.05) is 12.1 Å². The molecule has 5 rings (SSSR count). The normalized spacial score (nSPS) is 19.2. The Morgan fingerprint density at radius 3 is 2.58 bits per heavy atom. The minimum absolute atomic E-state index is 0.213. The molecule has 2 heterocycles. The van der Waals surface area contributed by atoms with Crippen LogP contribution >= 0.6 is 0 Å². The number of aromatic amines is 1. The number of aryl methyl sites for hydroxylation is 1. The summed E-state index contributed by atoms with van der Waals surface area (Å²) in [7, 11) is -2.01. The fourth-order valence-electron chi connectivity index (χ4n) is 5.23. The Morgan fingerprint density at radius 1 is 1.18 bits per heavy atom. The third kappa shape index (κ3) is 5.55. The molecule has 2 fully saturated rings. The monoisotopic (exact) mass is 546 g/mol. The largest absolute Gasteiger partial charge is 0.496 e. The van der Waals surface area contributed by atoms with Crippen LogP contribution in [-0.4, -0.2) is 74.1 Å². The molecule has 1 atom stereocenters. The van der Waals surface area contributed by atoms with Gasteiger partial charge in [0.2, 0.25) is 10.0 Å². The number of rotatable bonds is 9. The average molecular weight is 547 g/mol. The van der Waals surface area contributed by atoms with E-state index in [1.807, 2.05) is 25.3 Å². The van der Waals surface area contributed by atoms with Gasteiger partial charge in [0.1, 0.15) is 5.75 Å². The van der Waals surface area contributed by atoms with Crippen LogP contribution in [0.4, 0.5) is 8.78 Å². The van der Waals surface area contributed by atoms with Crippen molar-refractivity contribution in [3.63, 3.8) is 0 Å². The summed E-state index contributed by atoms with van der Waals surface area (Å²) in [5, 5.41) is 0.562. The number of fused-ring (bicyclic) bond motifs is 1. The molecule has 2 aliphatic rings. The van der Waals surface area contributed by atoms with Gasteiger partial charge in [0.25, 0.3) is 12.3 Å². The number of nitrogens with zero attached hydrogens (tertiary/aromatic N) is 2. The van der Waals surface area contributed by atoms with Crippen LogP contribution in [0.2, 0.25) is 0 Å². The summed E-state index contributed by atoms with van der Waals surface area (Å²) >= 11 is 0. The minimum atomic E-state index is -3.65. The second-order valence-electron chi connectivity index (χ2n) is 10.1. The van der Waals surface area contributed by atoms with Crippen molar-refractivity contribution in [3.8, 4) is 5.75 Å². The molecule has 11 heteroatoms. The van der Waals surface area contributed by atoms with Crippen molar-refractivity contribution < 1.29 is 26.7 Å². The van der Waals surface area contributed by atoms with Gasteiger partial charge in [-0.2, -0.15) is 0 Å². The van der Waals surface area contributed by atoms with Gasteiger partial charge in [0, 0.05) is 60.4 Å². The van der Waals surface area contributed by atoms with E-state index < -0.39 is 27.6 Å². The summed E-state index contributed by atoms with van der Waals surface area (Å²) in [6.45, 7) is 3.74. The molecular formula is C27H32F2N4O4S. The topological polar surface area (TPSA) is 94.7 Å². The molecule has 1 amide bonds. The predicted molar refractivity (Wildman–Crippen MR) is 141 cm³/mol. The molecule has 0 bridgehead atoms. The molecule has 2 aromatic carbocycles. The highest BCUT2D eigenvalue weighted by Crippen LogP contribution is 2.35. The van der Waals surface area contributed by atoms with E-state index in [4.69, 9.17) is 4.74 Å². The van der Waals surface area contributed by atoms with Crippen molar-refractivity contribution in [3.05, 3.63) is 64.8 Å². The Kier molecular flexibility index (Phi) is 7.43. The second kappa shape index (κ2) is 10.6. The van der Waals surface area contributed by atoms with E-state index in [1.54, 1.807) is 36.3 Å². The van der Waals surface area contributed by atoms with Crippen LogP contribution < -0.4 is 9.46 Å². The lowest BCUT2D eigenvalue weighted by atomic mass is 9.98. The van der Waals surface area contributed by atoms with Crippen LogP contribution in [0.3, 0.4) is 0 Å². The molecule has 2 N–H and O–H groups in total. The Hall–Kier alpha value is -3.02. The fraction of sp³-hybridized carbons (Fsp3) is 0.444. The highest BCUT2D eigenvalue weighted by Gasteiger charge is 2.37. The quantitative estimate of drug-likeness (QED) is 0.424. The summed E-state index contributed by atoms with van der Waals surface area (Å²) < 4.78 is 58.7. The standard InChI is InChI=1S/C27H32F2N4O4S/c1-17-13-24(37-2)22(21-9-10-30-26(17)21)14-33-12-11-32(16-25(28)29)15-23(33)18-3-5-19(6-4-18)27(34)31-38(35,36)20-7-8-20/h3-6,9-10,13,20,23,25,30H,7-8,11-12,14-16H2,1-2H3,(H,31,34). The summed E-state index contributed by atoms with van der Waals surface area (Å²) in [4.78, 5) is 19.8. The SMILES string of the molecule is COc1cc(C)c2[nH]ccc2c1CN1CCN(CC(F)F)CC1c1ccc(C(=O)NS(=O)(=O)C2CC2)cc1. The van der Waals surface area contributed by atoms with Crippen molar-refractivity contribution in [2.75, 3.05) is 33.3 Å². The van der Waals surface area contributed by atoms with E-state index >= 15 is 0 Å². The van der Waals surface area contributed by atoms with Crippen molar-refractivity contribution in [2.45, 2.75) is 44.0 Å². The summed E-state index contributed by atoms with van der Waals surface area (Å²) in [5.41, 5.74) is 4.22. The molecule has 1 saturated carbocycles. The van der Waals surface area contributed by atoms with Crippen LogP contribution in [0, 0.1) is 6.92 Å². The van der Waals surface area contributed by atoms with Crippen molar-refractivity contribution in [1.29, 1.82) is 0 Å². The molecule has 3 aromatic rings. The number of amides is 1. The molecule has 8 nitrogen and oxygen atoms in total. The van der Waals surface area contributed by atoms with Gasteiger partial charge < -0.3 is 9.72 Å². The lowest BCUT2D eigenvalue weighted by Gasteiger charge is -2.42. The van der Waals surface area contributed by atoms with Gasteiger partial charge >= 0.3 is 0 Å². The summed E-state index contributed by atoms with van der Waals surface area (Å²) in [6.07, 6.45) is 0.592. The van der Waals surface area contributed by atoms with Crippen molar-refractivity contribution in [2.24, 2.45) is 0 Å². The lowest BCUT2D eigenvalue weighted by Crippen LogP contribution is -2.49. The number of alkyl halides is 2.